The van der Waals surface area contributed by atoms with Crippen LogP contribution in [-0.2, 0) is 16.0 Å². The third-order valence-electron chi connectivity index (χ3n) is 4.93. The second-order valence-electron chi connectivity index (χ2n) is 6.89. The Bertz CT molecular complexity index is 938. The lowest BCUT2D eigenvalue weighted by molar-refractivity contribution is 0.0698. The number of aromatic nitrogens is 2. The number of aryl methyl sites for hydroxylation is 1. The second kappa shape index (κ2) is 7.71. The number of benzene rings is 1. The highest BCUT2D eigenvalue weighted by Crippen LogP contribution is 2.24. The highest BCUT2D eigenvalue weighted by molar-refractivity contribution is 6.61. The van der Waals surface area contributed by atoms with Crippen LogP contribution in [0.1, 0.15) is 17.5 Å². The van der Waals surface area contributed by atoms with Gasteiger partial charge in [-0.25, -0.2) is 9.37 Å². The van der Waals surface area contributed by atoms with Gasteiger partial charge in [-0.2, -0.15) is 10.2 Å². The average molecular weight is 383 g/mol. The molecule has 1 unspecified atom stereocenters. The Morgan fingerprint density at radius 2 is 2.29 bits per heavy atom. The maximum absolute atomic E-state index is 14.3. The number of anilines is 3. The van der Waals surface area contributed by atoms with Crippen LogP contribution in [-0.4, -0.2) is 41.4 Å². The van der Waals surface area contributed by atoms with Gasteiger partial charge in [-0.3, -0.25) is 0 Å². The fraction of sp³-hybridized carbons (Fsp3) is 0.389. The van der Waals surface area contributed by atoms with Crippen LogP contribution in [0, 0.1) is 30.0 Å². The Hall–Kier alpha value is -2.74. The summed E-state index contributed by atoms with van der Waals surface area (Å²) < 4.78 is 24.8. The van der Waals surface area contributed by atoms with Crippen LogP contribution in [0.5, 0.6) is 0 Å². The molecule has 0 saturated carbocycles. The second-order valence-corrected chi connectivity index (χ2v) is 6.89. The van der Waals surface area contributed by atoms with Gasteiger partial charge in [0.25, 0.3) is 0 Å². The third-order valence-corrected chi connectivity index (χ3v) is 4.93. The number of ether oxygens (including phenoxy) is 1. The van der Waals surface area contributed by atoms with E-state index in [9.17, 15) is 14.7 Å². The highest BCUT2D eigenvalue weighted by atomic mass is 19.1. The first-order valence-electron chi connectivity index (χ1n) is 9.01. The van der Waals surface area contributed by atoms with Crippen molar-refractivity contribution < 1.29 is 18.8 Å². The minimum Gasteiger partial charge on any atom is -0.423 e. The molecule has 0 bridgehead atoms. The van der Waals surface area contributed by atoms with Gasteiger partial charge in [0, 0.05) is 29.5 Å². The van der Waals surface area contributed by atoms with Crippen molar-refractivity contribution in [2.75, 3.05) is 23.8 Å². The minimum absolute atomic E-state index is 0.141. The molecular formula is C18H19BFN5O3. The van der Waals surface area contributed by atoms with E-state index in [2.05, 4.69) is 26.7 Å². The molecular weight excluding hydrogens is 364 g/mol. The predicted octanol–water partition coefficient (Wildman–Crippen LogP) is 1.23. The van der Waals surface area contributed by atoms with Crippen LogP contribution in [0.15, 0.2) is 18.3 Å². The lowest BCUT2D eigenvalue weighted by Crippen LogP contribution is -2.38. The lowest BCUT2D eigenvalue weighted by atomic mass is 9.79. The number of nitrogens with one attached hydrogen (secondary N) is 2. The molecule has 144 valence electrons. The fourth-order valence-corrected chi connectivity index (χ4v) is 3.38. The number of nitriles is 1. The van der Waals surface area contributed by atoms with Crippen molar-refractivity contribution in [2.24, 2.45) is 5.92 Å². The molecule has 3 N–H and O–H groups in total. The van der Waals surface area contributed by atoms with E-state index >= 15 is 0 Å². The van der Waals surface area contributed by atoms with E-state index in [0.717, 1.165) is 5.56 Å². The molecule has 2 aliphatic heterocycles. The van der Waals surface area contributed by atoms with Crippen molar-refractivity contribution in [1.29, 1.82) is 5.26 Å². The van der Waals surface area contributed by atoms with Crippen LogP contribution in [0.2, 0.25) is 0 Å². The zero-order chi connectivity index (χ0) is 19.7. The Morgan fingerprint density at radius 3 is 3.11 bits per heavy atom. The van der Waals surface area contributed by atoms with E-state index < -0.39 is 12.9 Å². The molecule has 1 aromatic carbocycles. The first-order chi connectivity index (χ1) is 13.5. The number of fused-ring (bicyclic) bond motifs is 1. The molecule has 1 aromatic heterocycles. The van der Waals surface area contributed by atoms with E-state index in [1.54, 1.807) is 12.3 Å². The van der Waals surface area contributed by atoms with Crippen molar-refractivity contribution in [2.45, 2.75) is 26.0 Å². The summed E-state index contributed by atoms with van der Waals surface area (Å²) in [5.41, 5.74) is 2.03. The largest absolute Gasteiger partial charge is 0.494 e. The first kappa shape index (κ1) is 18.6. The maximum atomic E-state index is 14.3. The average Bonchev–Trinajstić information content (AvgIpc) is 3.06. The summed E-state index contributed by atoms with van der Waals surface area (Å²) in [6, 6.07) is 5.12. The van der Waals surface area contributed by atoms with Crippen LogP contribution in [0.25, 0.3) is 0 Å². The molecule has 8 nitrogen and oxygen atoms in total. The molecule has 28 heavy (non-hydrogen) atoms. The number of hydrogen-bond acceptors (Lipinski definition) is 8. The SMILES string of the molecule is Cc1cnc(Nc2cc(F)c3c(c2)COB3O)nc1NC1COCC[C@@H]1C#N. The summed E-state index contributed by atoms with van der Waals surface area (Å²) in [6.45, 7) is 3.02. The van der Waals surface area contributed by atoms with Crippen molar-refractivity contribution in [3.63, 3.8) is 0 Å². The van der Waals surface area contributed by atoms with Gasteiger partial charge in [-0.05, 0) is 31.0 Å². The van der Waals surface area contributed by atoms with E-state index in [4.69, 9.17) is 9.39 Å². The fourth-order valence-electron chi connectivity index (χ4n) is 3.38. The summed E-state index contributed by atoms with van der Waals surface area (Å²) >= 11 is 0. The molecule has 1 fully saturated rings. The van der Waals surface area contributed by atoms with Gasteiger partial charge >= 0.3 is 7.12 Å². The van der Waals surface area contributed by atoms with E-state index in [0.29, 0.717) is 36.7 Å². The van der Waals surface area contributed by atoms with Gasteiger partial charge in [-0.1, -0.05) is 0 Å². The Labute approximate surface area is 161 Å². The molecule has 1 saturated heterocycles. The number of hydrogen-bond donors (Lipinski definition) is 3. The van der Waals surface area contributed by atoms with Crippen molar-refractivity contribution in [3.8, 4) is 6.07 Å². The van der Waals surface area contributed by atoms with Crippen molar-refractivity contribution in [3.05, 3.63) is 35.3 Å². The van der Waals surface area contributed by atoms with Gasteiger partial charge in [-0.15, -0.1) is 0 Å². The molecule has 0 amide bonds. The van der Waals surface area contributed by atoms with Crippen LogP contribution in [0.3, 0.4) is 0 Å². The molecule has 4 rings (SSSR count). The van der Waals surface area contributed by atoms with Gasteiger partial charge in [0.2, 0.25) is 5.95 Å². The highest BCUT2D eigenvalue weighted by Gasteiger charge is 2.31. The van der Waals surface area contributed by atoms with Gasteiger partial charge in [0.1, 0.15) is 11.6 Å². The van der Waals surface area contributed by atoms with Gasteiger partial charge < -0.3 is 25.0 Å². The van der Waals surface area contributed by atoms with Crippen molar-refractivity contribution in [1.82, 2.24) is 9.97 Å². The van der Waals surface area contributed by atoms with Gasteiger partial charge in [0.05, 0.1) is 31.2 Å². The summed E-state index contributed by atoms with van der Waals surface area (Å²) in [6.07, 6.45) is 2.32. The summed E-state index contributed by atoms with van der Waals surface area (Å²) in [5.74, 6) is 0.175. The lowest BCUT2D eigenvalue weighted by Gasteiger charge is -2.28. The van der Waals surface area contributed by atoms with E-state index in [-0.39, 0.29) is 30.0 Å². The van der Waals surface area contributed by atoms with Crippen LogP contribution < -0.4 is 16.1 Å². The molecule has 2 aromatic rings. The molecule has 10 heteroatoms. The zero-order valence-corrected chi connectivity index (χ0v) is 15.3. The van der Waals surface area contributed by atoms with Crippen LogP contribution >= 0.6 is 0 Å². The number of rotatable bonds is 4. The summed E-state index contributed by atoms with van der Waals surface area (Å²) in [7, 11) is -1.23. The zero-order valence-electron chi connectivity index (χ0n) is 15.3. The summed E-state index contributed by atoms with van der Waals surface area (Å²) in [5, 5.41) is 25.2. The quantitative estimate of drug-likeness (QED) is 0.676. The molecule has 0 radical (unpaired) electrons. The smallest absolute Gasteiger partial charge is 0.423 e. The van der Waals surface area contributed by atoms with Crippen LogP contribution in [0.4, 0.5) is 21.8 Å². The standard InChI is InChI=1S/C18H19BFN5O3/c1-10-7-22-18(25-17(10)24-15-9-27-3-2-11(15)6-21)23-13-4-12-8-28-19(26)16(12)14(20)5-13/h4-5,7,11,15,26H,2-3,8-9H2,1H3,(H2,22,23,24,25)/t11-,15?/m1/s1. The predicted molar refractivity (Wildman–Crippen MR) is 101 cm³/mol. The first-order valence-corrected chi connectivity index (χ1v) is 9.01. The van der Waals surface area contributed by atoms with E-state index in [1.165, 1.54) is 6.07 Å². The third kappa shape index (κ3) is 3.64. The topological polar surface area (TPSA) is 112 Å². The molecule has 3 heterocycles. The van der Waals surface area contributed by atoms with Crippen molar-refractivity contribution >= 4 is 30.0 Å². The minimum atomic E-state index is -1.23. The molecule has 0 aliphatic carbocycles. The molecule has 0 spiro atoms. The molecule has 2 aliphatic rings. The van der Waals surface area contributed by atoms with Gasteiger partial charge in [0.15, 0.2) is 0 Å². The molecule has 2 atom stereocenters. The maximum Gasteiger partial charge on any atom is 0.494 e. The van der Waals surface area contributed by atoms with E-state index in [1.807, 2.05) is 6.92 Å². The number of halogens is 1. The Balaban J connectivity index is 1.55. The monoisotopic (exact) mass is 383 g/mol. The normalized spacial score (nSPS) is 21.1. The Morgan fingerprint density at radius 1 is 1.43 bits per heavy atom. The Kier molecular flexibility index (Phi) is 5.13. The number of nitrogens with zero attached hydrogens (tertiary/aromatic N) is 3. The summed E-state index contributed by atoms with van der Waals surface area (Å²) in [4.78, 5) is 8.71.